The fourth-order valence-electron chi connectivity index (χ4n) is 4.99. The maximum absolute atomic E-state index is 13.3. The number of amides is 2. The Hall–Kier alpha value is -3.58. The van der Waals surface area contributed by atoms with Crippen LogP contribution in [0, 0.1) is 13.8 Å². The molecule has 0 bridgehead atoms. The molecule has 1 saturated heterocycles. The number of aryl methyl sites for hydroxylation is 2. The summed E-state index contributed by atoms with van der Waals surface area (Å²) in [7, 11) is 3.87. The molecule has 0 radical (unpaired) electrons. The van der Waals surface area contributed by atoms with Crippen molar-refractivity contribution in [3.05, 3.63) is 65.4 Å². The number of nitrogens with one attached hydrogen (secondary N) is 1. The van der Waals surface area contributed by atoms with Crippen LogP contribution in [-0.4, -0.2) is 62.8 Å². The number of carbonyl (C=O) groups excluding carboxylic acids is 1. The third-order valence-corrected chi connectivity index (χ3v) is 7.01. The molecule has 2 aliphatic rings. The number of aromatic nitrogens is 1. The van der Waals surface area contributed by atoms with Crippen molar-refractivity contribution in [1.82, 2.24) is 9.88 Å². The second-order valence-corrected chi connectivity index (χ2v) is 9.47. The van der Waals surface area contributed by atoms with E-state index < -0.39 is 0 Å². The summed E-state index contributed by atoms with van der Waals surface area (Å²) in [6.07, 6.45) is 0.819. The number of carbonyl (C=O) groups is 1. The summed E-state index contributed by atoms with van der Waals surface area (Å²) < 4.78 is 5.73. The highest BCUT2D eigenvalue weighted by Gasteiger charge is 2.28. The van der Waals surface area contributed by atoms with E-state index in [1.807, 2.05) is 48.2 Å². The summed E-state index contributed by atoms with van der Waals surface area (Å²) in [4.78, 5) is 24.5. The molecular formula is C28H33N5O2. The van der Waals surface area contributed by atoms with Crippen LogP contribution in [0.4, 0.5) is 21.9 Å². The quantitative estimate of drug-likeness (QED) is 0.597. The molecule has 35 heavy (non-hydrogen) atoms. The van der Waals surface area contributed by atoms with Gasteiger partial charge in [-0.15, -0.1) is 0 Å². The van der Waals surface area contributed by atoms with Crippen LogP contribution in [0.5, 0.6) is 5.75 Å². The minimum Gasteiger partial charge on any atom is -0.495 e. The van der Waals surface area contributed by atoms with Gasteiger partial charge in [-0.2, -0.15) is 0 Å². The molecular weight excluding hydrogens is 438 g/mol. The maximum Gasteiger partial charge on any atom is 0.326 e. The van der Waals surface area contributed by atoms with E-state index in [-0.39, 0.29) is 6.03 Å². The van der Waals surface area contributed by atoms with Gasteiger partial charge in [-0.1, -0.05) is 12.1 Å². The summed E-state index contributed by atoms with van der Waals surface area (Å²) in [6.45, 7) is 8.61. The number of pyridine rings is 1. The second kappa shape index (κ2) is 9.58. The standard InChI is InChI=1S/C28H33N5O2/c1-19-16-22(8-9-23(19)24-7-5-6-20(2)29-24)30-28(34)33-11-10-21-17-27(35-4)26(18-25(21)33)32-14-12-31(3)13-15-32/h5-9,16-18H,10-15H2,1-4H3,(H,30,34). The Bertz CT molecular complexity index is 1250. The predicted molar refractivity (Wildman–Crippen MR) is 142 cm³/mol. The fourth-order valence-corrected chi connectivity index (χ4v) is 4.99. The van der Waals surface area contributed by atoms with Crippen LogP contribution in [0.25, 0.3) is 11.3 Å². The molecule has 182 valence electrons. The van der Waals surface area contributed by atoms with Crippen molar-refractivity contribution >= 4 is 23.1 Å². The maximum atomic E-state index is 13.3. The van der Waals surface area contributed by atoms with E-state index in [2.05, 4.69) is 46.2 Å². The molecule has 0 spiro atoms. The molecule has 0 unspecified atom stereocenters. The van der Waals surface area contributed by atoms with Gasteiger partial charge in [0.15, 0.2) is 0 Å². The van der Waals surface area contributed by atoms with Crippen LogP contribution in [-0.2, 0) is 6.42 Å². The summed E-state index contributed by atoms with van der Waals surface area (Å²) in [6, 6.07) is 16.1. The second-order valence-electron chi connectivity index (χ2n) is 9.47. The third-order valence-electron chi connectivity index (χ3n) is 7.01. The predicted octanol–water partition coefficient (Wildman–Crippen LogP) is 4.72. The largest absolute Gasteiger partial charge is 0.495 e. The van der Waals surface area contributed by atoms with Crippen molar-refractivity contribution in [2.45, 2.75) is 20.3 Å². The van der Waals surface area contributed by atoms with Crippen LogP contribution >= 0.6 is 0 Å². The van der Waals surface area contributed by atoms with Gasteiger partial charge in [0.05, 0.1) is 24.2 Å². The van der Waals surface area contributed by atoms with Gasteiger partial charge in [-0.3, -0.25) is 9.88 Å². The Kier molecular flexibility index (Phi) is 6.34. The normalized spacial score (nSPS) is 15.8. The molecule has 5 rings (SSSR count). The highest BCUT2D eigenvalue weighted by atomic mass is 16.5. The molecule has 0 atom stereocenters. The lowest BCUT2D eigenvalue weighted by Crippen LogP contribution is -2.44. The Morgan fingerprint density at radius 1 is 0.971 bits per heavy atom. The molecule has 1 N–H and O–H groups in total. The molecule has 1 aromatic heterocycles. The minimum absolute atomic E-state index is 0.112. The van der Waals surface area contributed by atoms with Crippen molar-refractivity contribution in [3.8, 4) is 17.0 Å². The summed E-state index contributed by atoms with van der Waals surface area (Å²) in [5, 5.41) is 3.10. The molecule has 3 aromatic rings. The molecule has 2 aliphatic heterocycles. The Morgan fingerprint density at radius 3 is 2.49 bits per heavy atom. The number of urea groups is 1. The van der Waals surface area contributed by atoms with Crippen LogP contribution < -0.4 is 19.9 Å². The van der Waals surface area contributed by atoms with Crippen LogP contribution in [0.15, 0.2) is 48.5 Å². The van der Waals surface area contributed by atoms with Crippen LogP contribution in [0.3, 0.4) is 0 Å². The third kappa shape index (κ3) is 4.68. The van der Waals surface area contributed by atoms with E-state index in [0.717, 1.165) is 83.5 Å². The van der Waals surface area contributed by atoms with E-state index in [4.69, 9.17) is 4.74 Å². The van der Waals surface area contributed by atoms with Crippen LogP contribution in [0.1, 0.15) is 16.8 Å². The number of likely N-dealkylation sites (N-methyl/N-ethyl adjacent to an activating group) is 1. The smallest absolute Gasteiger partial charge is 0.326 e. The van der Waals surface area contributed by atoms with E-state index >= 15 is 0 Å². The van der Waals surface area contributed by atoms with Gasteiger partial charge in [-0.25, -0.2) is 4.79 Å². The van der Waals surface area contributed by atoms with Crippen molar-refractivity contribution in [1.29, 1.82) is 0 Å². The van der Waals surface area contributed by atoms with Gasteiger partial charge in [0.1, 0.15) is 5.75 Å². The Labute approximate surface area is 207 Å². The first-order valence-electron chi connectivity index (χ1n) is 12.2. The molecule has 0 aliphatic carbocycles. The lowest BCUT2D eigenvalue weighted by Gasteiger charge is -2.35. The van der Waals surface area contributed by atoms with Crippen molar-refractivity contribution in [3.63, 3.8) is 0 Å². The van der Waals surface area contributed by atoms with E-state index in [9.17, 15) is 4.79 Å². The molecule has 0 saturated carbocycles. The highest BCUT2D eigenvalue weighted by Crippen LogP contribution is 2.40. The Balaban J connectivity index is 1.36. The SMILES string of the molecule is COc1cc2c(cc1N1CCN(C)CC1)N(C(=O)Nc1ccc(-c3cccc(C)n3)c(C)c1)CC2. The van der Waals surface area contributed by atoms with Crippen LogP contribution in [0.2, 0.25) is 0 Å². The number of ether oxygens (including phenoxy) is 1. The number of anilines is 3. The molecule has 1 fully saturated rings. The van der Waals surface area contributed by atoms with Gasteiger partial charge in [-0.05, 0) is 74.8 Å². The topological polar surface area (TPSA) is 60.9 Å². The molecule has 2 aromatic carbocycles. The molecule has 3 heterocycles. The zero-order chi connectivity index (χ0) is 24.5. The lowest BCUT2D eigenvalue weighted by atomic mass is 10.0. The average Bonchev–Trinajstić information content (AvgIpc) is 3.27. The summed E-state index contributed by atoms with van der Waals surface area (Å²) in [5.41, 5.74) is 8.03. The lowest BCUT2D eigenvalue weighted by molar-refractivity contribution is 0.257. The van der Waals surface area contributed by atoms with Crippen molar-refractivity contribution < 1.29 is 9.53 Å². The summed E-state index contributed by atoms with van der Waals surface area (Å²) in [5.74, 6) is 0.881. The Morgan fingerprint density at radius 2 is 1.77 bits per heavy atom. The van der Waals surface area contributed by atoms with Gasteiger partial charge in [0.2, 0.25) is 0 Å². The van der Waals surface area contributed by atoms with Gasteiger partial charge >= 0.3 is 6.03 Å². The molecule has 2 amide bonds. The zero-order valence-electron chi connectivity index (χ0n) is 21.0. The van der Waals surface area contributed by atoms with Crippen molar-refractivity contribution in [2.75, 3.05) is 62.0 Å². The number of nitrogens with zero attached hydrogens (tertiary/aromatic N) is 4. The number of piperazine rings is 1. The highest BCUT2D eigenvalue weighted by molar-refractivity contribution is 6.04. The number of rotatable bonds is 4. The number of benzene rings is 2. The van der Waals surface area contributed by atoms with Gasteiger partial charge < -0.3 is 19.9 Å². The minimum atomic E-state index is -0.112. The molecule has 7 heteroatoms. The monoisotopic (exact) mass is 471 g/mol. The van der Waals surface area contributed by atoms with Gasteiger partial charge in [0, 0.05) is 49.7 Å². The van der Waals surface area contributed by atoms with Crippen molar-refractivity contribution in [2.24, 2.45) is 0 Å². The fraction of sp³-hybridized carbons (Fsp3) is 0.357. The zero-order valence-corrected chi connectivity index (χ0v) is 21.0. The molecule has 7 nitrogen and oxygen atoms in total. The average molecular weight is 472 g/mol. The number of hydrogen-bond donors (Lipinski definition) is 1. The first-order chi connectivity index (χ1) is 16.9. The first kappa shape index (κ1) is 23.2. The van der Waals surface area contributed by atoms with Gasteiger partial charge in [0.25, 0.3) is 0 Å². The summed E-state index contributed by atoms with van der Waals surface area (Å²) >= 11 is 0. The number of fused-ring (bicyclic) bond motifs is 1. The van der Waals surface area contributed by atoms with E-state index in [1.165, 1.54) is 0 Å². The van der Waals surface area contributed by atoms with E-state index in [1.54, 1.807) is 7.11 Å². The number of methoxy groups -OCH3 is 1. The number of hydrogen-bond acceptors (Lipinski definition) is 5. The van der Waals surface area contributed by atoms with E-state index in [0.29, 0.717) is 6.54 Å². The first-order valence-corrected chi connectivity index (χ1v) is 12.2.